The molecule has 0 saturated heterocycles. The van der Waals surface area contributed by atoms with E-state index in [1.807, 2.05) is 30.3 Å². The largest absolute Gasteiger partial charge is 0.331 e. The van der Waals surface area contributed by atoms with Crippen molar-refractivity contribution in [3.05, 3.63) is 30.3 Å². The molecule has 0 radical (unpaired) electrons. The van der Waals surface area contributed by atoms with Gasteiger partial charge in [-0.1, -0.05) is 18.2 Å². The summed E-state index contributed by atoms with van der Waals surface area (Å²) < 4.78 is 0. The molecular weight excluding hydrogens is 234 g/mol. The Hall–Kier alpha value is -1.82. The number of para-hydroxylation sites is 1. The zero-order chi connectivity index (χ0) is 12.7. The van der Waals surface area contributed by atoms with E-state index in [0.29, 0.717) is 10.8 Å². The van der Waals surface area contributed by atoms with Gasteiger partial charge in [-0.2, -0.15) is 10.2 Å². The minimum Gasteiger partial charge on any atom is -0.331 e. The Labute approximate surface area is 106 Å². The molecule has 6 heteroatoms. The number of hydrogen-bond acceptors (Lipinski definition) is 4. The van der Waals surface area contributed by atoms with Gasteiger partial charge in [0, 0.05) is 5.69 Å². The molecule has 0 fully saturated rings. The van der Waals surface area contributed by atoms with Gasteiger partial charge >= 0.3 is 0 Å². The van der Waals surface area contributed by atoms with Crippen LogP contribution in [0.1, 0.15) is 13.8 Å². The average molecular weight is 249 g/mol. The first kappa shape index (κ1) is 13.2. The van der Waals surface area contributed by atoms with Gasteiger partial charge in [0.2, 0.25) is 0 Å². The normalized spacial score (nSPS) is 12.7. The van der Waals surface area contributed by atoms with Crippen molar-refractivity contribution in [3.63, 3.8) is 0 Å². The molecule has 0 bridgehead atoms. The molecule has 1 unspecified atom stereocenters. The molecule has 0 amide bonds. The number of thiocarbonyl (C=S) groups is 1. The molecule has 1 rings (SSSR count). The van der Waals surface area contributed by atoms with E-state index < -0.39 is 0 Å². The average Bonchev–Trinajstić information content (AvgIpc) is 2.36. The first-order valence-corrected chi connectivity index (χ1v) is 5.57. The van der Waals surface area contributed by atoms with Crippen molar-refractivity contribution in [2.24, 2.45) is 10.2 Å². The zero-order valence-corrected chi connectivity index (χ0v) is 10.6. The van der Waals surface area contributed by atoms with Crippen LogP contribution in [0.25, 0.3) is 0 Å². The SMILES string of the molecule is C/C(=N/NC(=S)Nc1ccccc1)C(C)N=N. The highest BCUT2D eigenvalue weighted by molar-refractivity contribution is 7.80. The first-order chi connectivity index (χ1) is 8.13. The summed E-state index contributed by atoms with van der Waals surface area (Å²) in [7, 11) is 0. The lowest BCUT2D eigenvalue weighted by atomic mass is 10.2. The van der Waals surface area contributed by atoms with E-state index in [1.165, 1.54) is 0 Å². The van der Waals surface area contributed by atoms with Crippen molar-refractivity contribution >= 4 is 28.7 Å². The third kappa shape index (κ3) is 4.69. The Morgan fingerprint density at radius 2 is 2.00 bits per heavy atom. The van der Waals surface area contributed by atoms with Crippen molar-refractivity contribution in [2.75, 3.05) is 5.32 Å². The van der Waals surface area contributed by atoms with E-state index in [9.17, 15) is 0 Å². The third-order valence-electron chi connectivity index (χ3n) is 2.16. The highest BCUT2D eigenvalue weighted by Gasteiger charge is 2.02. The molecule has 0 aliphatic heterocycles. The molecule has 0 aliphatic carbocycles. The number of nitrogens with one attached hydrogen (secondary N) is 3. The Kier molecular flexibility index (Phi) is 5.22. The first-order valence-electron chi connectivity index (χ1n) is 5.16. The monoisotopic (exact) mass is 249 g/mol. The molecular formula is C11H15N5S. The number of hydrogen-bond donors (Lipinski definition) is 3. The van der Waals surface area contributed by atoms with Crippen LogP contribution in [0.15, 0.2) is 40.5 Å². The molecule has 17 heavy (non-hydrogen) atoms. The van der Waals surface area contributed by atoms with E-state index >= 15 is 0 Å². The number of hydrazone groups is 1. The van der Waals surface area contributed by atoms with Crippen molar-refractivity contribution in [2.45, 2.75) is 19.9 Å². The lowest BCUT2D eigenvalue weighted by Gasteiger charge is -2.08. The maximum atomic E-state index is 6.87. The van der Waals surface area contributed by atoms with Gasteiger partial charge < -0.3 is 5.32 Å². The minimum absolute atomic E-state index is 0.234. The second-order valence-electron chi connectivity index (χ2n) is 3.49. The zero-order valence-electron chi connectivity index (χ0n) is 9.77. The standard InChI is InChI=1S/C11H15N5S/c1-8(14-12)9(2)15-16-11(17)13-10-6-4-3-5-7-10/h3-8,12H,1-2H3,(H2,13,16,17)/b14-12?,15-9-. The third-order valence-corrected chi connectivity index (χ3v) is 2.36. The lowest BCUT2D eigenvalue weighted by Crippen LogP contribution is -2.26. The van der Waals surface area contributed by atoms with Gasteiger partial charge in [0.05, 0.1) is 5.71 Å². The summed E-state index contributed by atoms with van der Waals surface area (Å²) in [6, 6.07) is 9.35. The van der Waals surface area contributed by atoms with Crippen LogP contribution in [0.5, 0.6) is 0 Å². The van der Waals surface area contributed by atoms with Crippen LogP contribution in [0, 0.1) is 5.53 Å². The molecule has 1 aromatic carbocycles. The number of anilines is 1. The second-order valence-corrected chi connectivity index (χ2v) is 3.90. The highest BCUT2D eigenvalue weighted by atomic mass is 32.1. The predicted octanol–water partition coefficient (Wildman–Crippen LogP) is 2.77. The molecule has 0 aromatic heterocycles. The van der Waals surface area contributed by atoms with E-state index in [1.54, 1.807) is 13.8 Å². The Balaban J connectivity index is 2.48. The van der Waals surface area contributed by atoms with E-state index in [4.69, 9.17) is 17.7 Å². The van der Waals surface area contributed by atoms with Gasteiger partial charge in [0.25, 0.3) is 0 Å². The van der Waals surface area contributed by atoms with E-state index in [0.717, 1.165) is 5.69 Å². The van der Waals surface area contributed by atoms with Crippen LogP contribution in [0.2, 0.25) is 0 Å². The molecule has 1 atom stereocenters. The van der Waals surface area contributed by atoms with E-state index in [-0.39, 0.29) is 6.04 Å². The van der Waals surface area contributed by atoms with Crippen molar-refractivity contribution in [1.29, 1.82) is 5.53 Å². The Morgan fingerprint density at radius 3 is 2.59 bits per heavy atom. The summed E-state index contributed by atoms with van der Waals surface area (Å²) in [5, 5.41) is 10.8. The fourth-order valence-electron chi connectivity index (χ4n) is 1.01. The Morgan fingerprint density at radius 1 is 1.35 bits per heavy atom. The molecule has 5 nitrogen and oxygen atoms in total. The van der Waals surface area contributed by atoms with Crippen molar-refractivity contribution in [1.82, 2.24) is 5.43 Å². The molecule has 0 aliphatic rings. The molecule has 1 aromatic rings. The molecule has 0 saturated carbocycles. The van der Waals surface area contributed by atoms with Gasteiger partial charge in [-0.3, -0.25) is 5.43 Å². The molecule has 90 valence electrons. The summed E-state index contributed by atoms with van der Waals surface area (Å²) in [5.74, 6) is 0. The summed E-state index contributed by atoms with van der Waals surface area (Å²) in [6.45, 7) is 3.59. The molecule has 0 heterocycles. The predicted molar refractivity (Wildman–Crippen MR) is 73.5 cm³/mol. The number of benzene rings is 1. The summed E-state index contributed by atoms with van der Waals surface area (Å²) in [4.78, 5) is 0. The van der Waals surface area contributed by atoms with Crippen LogP contribution in [0.4, 0.5) is 5.69 Å². The number of nitrogens with zero attached hydrogens (tertiary/aromatic N) is 2. The fraction of sp³-hybridized carbons (Fsp3) is 0.273. The van der Waals surface area contributed by atoms with Gasteiger partial charge in [-0.05, 0) is 38.2 Å². The van der Waals surface area contributed by atoms with Gasteiger partial charge in [-0.25, -0.2) is 5.53 Å². The number of rotatable bonds is 4. The quantitative estimate of drug-likeness (QED) is 0.332. The van der Waals surface area contributed by atoms with E-state index in [2.05, 4.69) is 21.0 Å². The smallest absolute Gasteiger partial charge is 0.191 e. The topological polar surface area (TPSA) is 72.6 Å². The maximum Gasteiger partial charge on any atom is 0.191 e. The summed E-state index contributed by atoms with van der Waals surface area (Å²) in [5.41, 5.74) is 11.2. The fourth-order valence-corrected chi connectivity index (χ4v) is 1.17. The van der Waals surface area contributed by atoms with Crippen LogP contribution >= 0.6 is 12.2 Å². The van der Waals surface area contributed by atoms with Crippen LogP contribution in [0.3, 0.4) is 0 Å². The van der Waals surface area contributed by atoms with Crippen molar-refractivity contribution < 1.29 is 0 Å². The van der Waals surface area contributed by atoms with Crippen LogP contribution < -0.4 is 10.7 Å². The minimum atomic E-state index is -0.234. The lowest BCUT2D eigenvalue weighted by molar-refractivity contribution is 0.832. The van der Waals surface area contributed by atoms with Crippen LogP contribution in [-0.2, 0) is 0 Å². The van der Waals surface area contributed by atoms with Gasteiger partial charge in [-0.15, -0.1) is 0 Å². The molecule has 3 N–H and O–H groups in total. The Bertz CT molecular complexity index is 415. The van der Waals surface area contributed by atoms with Gasteiger partial charge in [0.1, 0.15) is 6.04 Å². The maximum absolute atomic E-state index is 6.87. The highest BCUT2D eigenvalue weighted by Crippen LogP contribution is 2.04. The molecule has 0 spiro atoms. The van der Waals surface area contributed by atoms with Crippen molar-refractivity contribution in [3.8, 4) is 0 Å². The summed E-state index contributed by atoms with van der Waals surface area (Å²) in [6.07, 6.45) is 0. The van der Waals surface area contributed by atoms with Gasteiger partial charge in [0.15, 0.2) is 5.11 Å². The second kappa shape index (κ2) is 6.70. The summed E-state index contributed by atoms with van der Waals surface area (Å²) >= 11 is 5.07. The van der Waals surface area contributed by atoms with Crippen LogP contribution in [-0.4, -0.2) is 16.9 Å².